The molecule has 0 bridgehead atoms. The van der Waals surface area contributed by atoms with Crippen LogP contribution in [-0.2, 0) is 0 Å². The van der Waals surface area contributed by atoms with E-state index in [0.29, 0.717) is 6.42 Å². The summed E-state index contributed by atoms with van der Waals surface area (Å²) in [6.45, 7) is 0. The van der Waals surface area contributed by atoms with Gasteiger partial charge in [0, 0.05) is 6.04 Å². The van der Waals surface area contributed by atoms with Gasteiger partial charge in [-0.3, -0.25) is 0 Å². The molecular formula is C5H9NO. The van der Waals surface area contributed by atoms with E-state index in [1.165, 1.54) is 0 Å². The van der Waals surface area contributed by atoms with Crippen molar-refractivity contribution in [3.05, 3.63) is 12.2 Å². The Morgan fingerprint density at radius 3 is 2.43 bits per heavy atom. The zero-order valence-electron chi connectivity index (χ0n) is 4.04. The minimum atomic E-state index is -0.282. The van der Waals surface area contributed by atoms with E-state index in [4.69, 9.17) is 10.8 Å². The second-order valence-corrected chi connectivity index (χ2v) is 1.85. The Balaban J connectivity index is 2.42. The molecule has 0 fully saturated rings. The fraction of sp³-hybridized carbons (Fsp3) is 0.600. The summed E-state index contributed by atoms with van der Waals surface area (Å²) in [5.74, 6) is 0. The van der Waals surface area contributed by atoms with E-state index in [1.54, 1.807) is 6.08 Å². The van der Waals surface area contributed by atoms with E-state index in [2.05, 4.69) is 0 Å². The van der Waals surface area contributed by atoms with Crippen LogP contribution < -0.4 is 5.73 Å². The molecule has 3 N–H and O–H groups in total. The molecule has 1 rings (SSSR count). The van der Waals surface area contributed by atoms with Gasteiger partial charge in [-0.2, -0.15) is 0 Å². The maximum atomic E-state index is 8.73. The summed E-state index contributed by atoms with van der Waals surface area (Å²) >= 11 is 0. The Morgan fingerprint density at radius 2 is 2.29 bits per heavy atom. The normalized spacial score (nSPS) is 39.7. The largest absolute Gasteiger partial charge is 0.389 e. The number of hydrogen-bond acceptors (Lipinski definition) is 2. The van der Waals surface area contributed by atoms with Crippen LogP contribution in [-0.4, -0.2) is 17.3 Å². The summed E-state index contributed by atoms with van der Waals surface area (Å²) in [4.78, 5) is 0. The van der Waals surface area contributed by atoms with E-state index in [9.17, 15) is 0 Å². The van der Waals surface area contributed by atoms with Crippen molar-refractivity contribution in [3.63, 3.8) is 0 Å². The Hall–Kier alpha value is -0.340. The number of rotatable bonds is 0. The molecule has 0 saturated heterocycles. The number of aliphatic hydroxyl groups excluding tert-OH is 1. The van der Waals surface area contributed by atoms with Crippen molar-refractivity contribution in [2.75, 3.05) is 0 Å². The van der Waals surface area contributed by atoms with Crippen LogP contribution in [0.4, 0.5) is 0 Å². The lowest BCUT2D eigenvalue weighted by Gasteiger charge is -1.97. The number of aliphatic hydroxyl groups is 1. The quantitative estimate of drug-likeness (QED) is 0.407. The lowest BCUT2D eigenvalue weighted by molar-refractivity contribution is 0.218. The molecule has 2 nitrogen and oxygen atoms in total. The fourth-order valence-corrected chi connectivity index (χ4v) is 0.707. The number of hydrogen-bond donors (Lipinski definition) is 2. The smallest absolute Gasteiger partial charge is 0.0739 e. The molecular weight excluding hydrogens is 90.1 g/mol. The van der Waals surface area contributed by atoms with Gasteiger partial charge >= 0.3 is 0 Å². The van der Waals surface area contributed by atoms with Crippen LogP contribution in [0.1, 0.15) is 6.42 Å². The van der Waals surface area contributed by atoms with Crippen molar-refractivity contribution in [2.45, 2.75) is 18.6 Å². The number of nitrogens with two attached hydrogens (primary N) is 1. The van der Waals surface area contributed by atoms with Crippen molar-refractivity contribution in [3.8, 4) is 0 Å². The molecule has 2 heteroatoms. The highest BCUT2D eigenvalue weighted by molar-refractivity contribution is 5.04. The zero-order chi connectivity index (χ0) is 5.28. The van der Waals surface area contributed by atoms with Gasteiger partial charge in [0.1, 0.15) is 0 Å². The monoisotopic (exact) mass is 99.1 g/mol. The minimum absolute atomic E-state index is 0.0926. The van der Waals surface area contributed by atoms with Gasteiger partial charge in [0.15, 0.2) is 0 Å². The Kier molecular flexibility index (Phi) is 1.13. The third-order valence-electron chi connectivity index (χ3n) is 1.09. The van der Waals surface area contributed by atoms with Crippen molar-refractivity contribution in [1.29, 1.82) is 0 Å². The van der Waals surface area contributed by atoms with Gasteiger partial charge in [0.2, 0.25) is 0 Å². The molecule has 2 atom stereocenters. The third-order valence-corrected chi connectivity index (χ3v) is 1.09. The van der Waals surface area contributed by atoms with Gasteiger partial charge in [-0.1, -0.05) is 12.2 Å². The highest BCUT2D eigenvalue weighted by Crippen LogP contribution is 2.06. The van der Waals surface area contributed by atoms with Gasteiger partial charge in [0.25, 0.3) is 0 Å². The van der Waals surface area contributed by atoms with E-state index < -0.39 is 0 Å². The van der Waals surface area contributed by atoms with Crippen LogP contribution in [0.3, 0.4) is 0 Å². The van der Waals surface area contributed by atoms with E-state index in [1.807, 2.05) is 6.08 Å². The highest BCUT2D eigenvalue weighted by atomic mass is 16.3. The minimum Gasteiger partial charge on any atom is -0.389 e. The van der Waals surface area contributed by atoms with E-state index in [-0.39, 0.29) is 12.1 Å². The molecule has 0 heterocycles. The fourth-order valence-electron chi connectivity index (χ4n) is 0.707. The van der Waals surface area contributed by atoms with Crippen LogP contribution in [0.25, 0.3) is 0 Å². The second-order valence-electron chi connectivity index (χ2n) is 1.85. The molecule has 1 aliphatic carbocycles. The average molecular weight is 99.1 g/mol. The molecule has 0 saturated carbocycles. The molecule has 40 valence electrons. The summed E-state index contributed by atoms with van der Waals surface area (Å²) in [5, 5.41) is 8.73. The zero-order valence-corrected chi connectivity index (χ0v) is 4.04. The van der Waals surface area contributed by atoms with Gasteiger partial charge < -0.3 is 10.8 Å². The van der Waals surface area contributed by atoms with Gasteiger partial charge in [-0.05, 0) is 6.42 Å². The summed E-state index contributed by atoms with van der Waals surface area (Å²) in [6.07, 6.45) is 3.96. The predicted octanol–water partition coefficient (Wildman–Crippen LogP) is -0.366. The first-order valence-electron chi connectivity index (χ1n) is 2.41. The van der Waals surface area contributed by atoms with E-state index >= 15 is 0 Å². The molecule has 1 aliphatic rings. The molecule has 0 aromatic rings. The topological polar surface area (TPSA) is 46.2 Å². The predicted molar refractivity (Wildman–Crippen MR) is 27.7 cm³/mol. The lowest BCUT2D eigenvalue weighted by atomic mass is 10.2. The first kappa shape index (κ1) is 4.81. The highest BCUT2D eigenvalue weighted by Gasteiger charge is 2.10. The molecule has 7 heavy (non-hydrogen) atoms. The molecule has 0 unspecified atom stereocenters. The van der Waals surface area contributed by atoms with Gasteiger partial charge in [0.05, 0.1) is 6.10 Å². The first-order chi connectivity index (χ1) is 3.29. The van der Waals surface area contributed by atoms with Crippen LogP contribution in [0.15, 0.2) is 12.2 Å². The summed E-state index contributed by atoms with van der Waals surface area (Å²) < 4.78 is 0. The SMILES string of the molecule is N[C@@H]1C=C[C@@H](O)C1. The Morgan fingerprint density at radius 1 is 1.57 bits per heavy atom. The molecule has 0 amide bonds. The van der Waals surface area contributed by atoms with E-state index in [0.717, 1.165) is 0 Å². The second kappa shape index (κ2) is 1.64. The first-order valence-corrected chi connectivity index (χ1v) is 2.41. The maximum Gasteiger partial charge on any atom is 0.0739 e. The lowest BCUT2D eigenvalue weighted by Crippen LogP contribution is -2.16. The molecule has 0 aromatic carbocycles. The summed E-state index contributed by atoms with van der Waals surface area (Å²) in [6, 6.07) is 0.0926. The average Bonchev–Trinajstić information content (AvgIpc) is 1.87. The van der Waals surface area contributed by atoms with Crippen LogP contribution in [0.5, 0.6) is 0 Å². The Bertz CT molecular complexity index is 80.1. The van der Waals surface area contributed by atoms with Gasteiger partial charge in [-0.25, -0.2) is 0 Å². The molecule has 0 spiro atoms. The van der Waals surface area contributed by atoms with Crippen LogP contribution >= 0.6 is 0 Å². The van der Waals surface area contributed by atoms with Crippen molar-refractivity contribution in [1.82, 2.24) is 0 Å². The third kappa shape index (κ3) is 1.01. The maximum absolute atomic E-state index is 8.73. The van der Waals surface area contributed by atoms with Crippen LogP contribution in [0.2, 0.25) is 0 Å². The van der Waals surface area contributed by atoms with Crippen molar-refractivity contribution >= 4 is 0 Å². The van der Waals surface area contributed by atoms with Crippen molar-refractivity contribution < 1.29 is 5.11 Å². The molecule has 0 aromatic heterocycles. The Labute approximate surface area is 42.6 Å². The summed E-state index contributed by atoms with van der Waals surface area (Å²) in [5.41, 5.74) is 5.38. The summed E-state index contributed by atoms with van der Waals surface area (Å²) in [7, 11) is 0. The van der Waals surface area contributed by atoms with Gasteiger partial charge in [-0.15, -0.1) is 0 Å². The molecule has 0 radical (unpaired) electrons. The van der Waals surface area contributed by atoms with Crippen LogP contribution in [0, 0.1) is 0 Å². The standard InChI is InChI=1S/C5H9NO/c6-4-1-2-5(7)3-4/h1-2,4-5,7H,3,6H2/t4-,5-/m1/s1. The molecule has 0 aliphatic heterocycles. The van der Waals surface area contributed by atoms with Crippen molar-refractivity contribution in [2.24, 2.45) is 5.73 Å².